The molecule has 0 radical (unpaired) electrons. The van der Waals surface area contributed by atoms with Crippen molar-refractivity contribution in [3.8, 4) is 17.2 Å². The molecule has 2 heterocycles. The molecule has 2 atom stereocenters. The van der Waals surface area contributed by atoms with E-state index in [1.54, 1.807) is 32.0 Å². The summed E-state index contributed by atoms with van der Waals surface area (Å²) in [6.45, 7) is 8.73. The molecule has 8 nitrogen and oxygen atoms in total. The van der Waals surface area contributed by atoms with Gasteiger partial charge in [-0.05, 0) is 98.1 Å². The second-order valence-corrected chi connectivity index (χ2v) is 12.6. The van der Waals surface area contributed by atoms with E-state index in [1.807, 2.05) is 11.8 Å². The number of alkyl halides is 3. The Morgan fingerprint density at radius 1 is 1.11 bits per heavy atom. The molecule has 2 aromatic carbocycles. The van der Waals surface area contributed by atoms with E-state index < -0.39 is 53.5 Å². The highest BCUT2D eigenvalue weighted by Gasteiger charge is 2.36. The van der Waals surface area contributed by atoms with Gasteiger partial charge in [0.25, 0.3) is 5.56 Å². The van der Waals surface area contributed by atoms with E-state index in [0.29, 0.717) is 29.3 Å². The van der Waals surface area contributed by atoms with E-state index in [-0.39, 0.29) is 35.4 Å². The lowest BCUT2D eigenvalue weighted by Crippen LogP contribution is -2.41. The second kappa shape index (κ2) is 14.5. The van der Waals surface area contributed by atoms with E-state index in [4.69, 9.17) is 0 Å². The largest absolute Gasteiger partial charge is 0.481 e. The van der Waals surface area contributed by atoms with Crippen molar-refractivity contribution in [2.45, 2.75) is 71.6 Å². The molecule has 1 aromatic heterocycles. The Kier molecular flexibility index (Phi) is 10.9. The molecule has 3 aromatic rings. The predicted molar refractivity (Wildman–Crippen MR) is 168 cm³/mol. The lowest BCUT2D eigenvalue weighted by Gasteiger charge is -2.31. The number of hydrogen-bond acceptors (Lipinski definition) is 5. The van der Waals surface area contributed by atoms with Crippen LogP contribution in [-0.2, 0) is 22.2 Å². The molecule has 0 aliphatic carbocycles. The van der Waals surface area contributed by atoms with Gasteiger partial charge in [-0.15, -0.1) is 0 Å². The van der Waals surface area contributed by atoms with Crippen molar-refractivity contribution in [1.82, 2.24) is 14.8 Å². The molecule has 1 saturated heterocycles. The topological polar surface area (TPSA) is 115 Å². The molecule has 0 bridgehead atoms. The summed E-state index contributed by atoms with van der Waals surface area (Å²) in [5, 5.41) is 22.1. The van der Waals surface area contributed by atoms with Crippen LogP contribution in [0.5, 0.6) is 0 Å². The van der Waals surface area contributed by atoms with Gasteiger partial charge in [-0.25, -0.2) is 4.39 Å². The van der Waals surface area contributed by atoms with Crippen LogP contribution in [0.25, 0.3) is 11.1 Å². The van der Waals surface area contributed by atoms with Crippen molar-refractivity contribution >= 4 is 11.9 Å². The number of carboxylic acid groups (broad SMARTS) is 1. The van der Waals surface area contributed by atoms with Gasteiger partial charge in [0.2, 0.25) is 5.91 Å². The number of benzene rings is 2. The first-order valence-electron chi connectivity index (χ1n) is 15.5. The maximum atomic E-state index is 15.7. The van der Waals surface area contributed by atoms with Gasteiger partial charge in [-0.3, -0.25) is 14.4 Å². The normalized spacial score (nSPS) is 14.7. The van der Waals surface area contributed by atoms with Crippen LogP contribution in [-0.4, -0.2) is 46.1 Å². The molecule has 2 N–H and O–H groups in total. The quantitative estimate of drug-likeness (QED) is 0.221. The Morgan fingerprint density at radius 3 is 2.38 bits per heavy atom. The zero-order valence-corrected chi connectivity index (χ0v) is 26.7. The van der Waals surface area contributed by atoms with Crippen LogP contribution in [0, 0.1) is 36.9 Å². The van der Waals surface area contributed by atoms with Crippen LogP contribution in [0.1, 0.15) is 78.6 Å². The highest BCUT2D eigenvalue weighted by molar-refractivity contribution is 5.82. The number of carboxylic acids is 1. The Morgan fingerprint density at radius 2 is 1.81 bits per heavy atom. The summed E-state index contributed by atoms with van der Waals surface area (Å²) < 4.78 is 58.6. The Bertz CT molecular complexity index is 1760. The number of aryl methyl sites for hydroxylation is 2. The number of likely N-dealkylation sites (tertiary alicyclic amines) is 1. The van der Waals surface area contributed by atoms with Gasteiger partial charge < -0.3 is 19.9 Å². The van der Waals surface area contributed by atoms with E-state index in [2.05, 4.69) is 11.4 Å². The second-order valence-electron chi connectivity index (χ2n) is 12.6. The average molecular weight is 655 g/mol. The fourth-order valence-electron chi connectivity index (χ4n) is 5.87. The van der Waals surface area contributed by atoms with Gasteiger partial charge in [0.1, 0.15) is 11.9 Å². The first-order valence-corrected chi connectivity index (χ1v) is 15.5. The number of hydrogen-bond donors (Lipinski definition) is 2. The van der Waals surface area contributed by atoms with Gasteiger partial charge >= 0.3 is 12.1 Å². The monoisotopic (exact) mass is 654 g/mol. The third-order valence-corrected chi connectivity index (χ3v) is 8.41. The highest BCUT2D eigenvalue weighted by atomic mass is 19.4. The highest BCUT2D eigenvalue weighted by Crippen LogP contribution is 2.34. The minimum absolute atomic E-state index is 0.00769. The number of amides is 1. The number of rotatable bonds is 12. The van der Waals surface area contributed by atoms with Gasteiger partial charge in [-0.2, -0.15) is 18.4 Å². The Hall–Kier alpha value is -4.50. The first kappa shape index (κ1) is 35.4. The summed E-state index contributed by atoms with van der Waals surface area (Å²) in [6, 6.07) is 7.96. The molecule has 250 valence electrons. The van der Waals surface area contributed by atoms with E-state index in [0.717, 1.165) is 35.8 Å². The molecule has 1 fully saturated rings. The number of carbonyl (C=O) groups excluding carboxylic acids is 1. The van der Waals surface area contributed by atoms with Crippen LogP contribution in [0.4, 0.5) is 17.6 Å². The molecule has 1 aliphatic heterocycles. The third-order valence-electron chi connectivity index (χ3n) is 8.41. The van der Waals surface area contributed by atoms with Crippen LogP contribution >= 0.6 is 0 Å². The van der Waals surface area contributed by atoms with Crippen LogP contribution in [0.15, 0.2) is 47.4 Å². The average Bonchev–Trinajstić information content (AvgIpc) is 2.95. The zero-order valence-electron chi connectivity index (χ0n) is 26.7. The lowest BCUT2D eigenvalue weighted by molar-refractivity contribution is -0.139. The third kappa shape index (κ3) is 8.46. The van der Waals surface area contributed by atoms with E-state index in [9.17, 15) is 37.9 Å². The number of halogens is 4. The van der Waals surface area contributed by atoms with Crippen molar-refractivity contribution < 1.29 is 32.3 Å². The predicted octanol–water partition coefficient (Wildman–Crippen LogP) is 6.33. The van der Waals surface area contributed by atoms with Crippen molar-refractivity contribution in [3.05, 3.63) is 92.1 Å². The molecular weight excluding hydrogens is 616 g/mol. The van der Waals surface area contributed by atoms with Gasteiger partial charge in [0, 0.05) is 24.4 Å². The van der Waals surface area contributed by atoms with Gasteiger partial charge in [-0.1, -0.05) is 26.0 Å². The molecule has 12 heteroatoms. The van der Waals surface area contributed by atoms with Crippen molar-refractivity contribution in [3.63, 3.8) is 0 Å². The van der Waals surface area contributed by atoms with Crippen LogP contribution in [0.3, 0.4) is 0 Å². The first-order chi connectivity index (χ1) is 22.1. The number of nitriles is 1. The number of aliphatic carboxylic acids is 1. The van der Waals surface area contributed by atoms with Crippen LogP contribution in [0.2, 0.25) is 0 Å². The Balaban J connectivity index is 1.77. The maximum Gasteiger partial charge on any atom is 0.416 e. The van der Waals surface area contributed by atoms with Crippen LogP contribution < -0.4 is 10.9 Å². The summed E-state index contributed by atoms with van der Waals surface area (Å²) in [5.41, 5.74) is -0.139. The number of carbonyl (C=O) groups is 2. The van der Waals surface area contributed by atoms with Crippen molar-refractivity contribution in [1.29, 1.82) is 5.26 Å². The Labute approximate surface area is 270 Å². The molecule has 1 unspecified atom stereocenters. The maximum absolute atomic E-state index is 15.7. The lowest BCUT2D eigenvalue weighted by atomic mass is 9.91. The summed E-state index contributed by atoms with van der Waals surface area (Å²) in [5.74, 6) is -3.14. The summed E-state index contributed by atoms with van der Waals surface area (Å²) in [4.78, 5) is 41.1. The summed E-state index contributed by atoms with van der Waals surface area (Å²) in [6.07, 6.45) is -3.42. The van der Waals surface area contributed by atoms with Gasteiger partial charge in [0.15, 0.2) is 0 Å². The fraction of sp³-hybridized carbons (Fsp3) is 0.429. The smallest absolute Gasteiger partial charge is 0.416 e. The zero-order chi connectivity index (χ0) is 34.6. The molecule has 47 heavy (non-hydrogen) atoms. The van der Waals surface area contributed by atoms with Crippen molar-refractivity contribution in [2.75, 3.05) is 19.6 Å². The number of nitrogens with one attached hydrogen (secondary N) is 1. The summed E-state index contributed by atoms with van der Waals surface area (Å²) >= 11 is 0. The number of aromatic nitrogens is 1. The number of nitrogens with zero attached hydrogens (tertiary/aromatic N) is 3. The van der Waals surface area contributed by atoms with E-state index >= 15 is 4.39 Å². The molecular formula is C35H38F4N4O4. The number of pyridine rings is 1. The molecule has 0 saturated carbocycles. The molecule has 0 spiro atoms. The standard InChI is InChI=1S/C35H38F4N4O4/c1-20(2)12-30(43-19-23(8-11-42-9-5-10-42)28(16-31(43)44)35(37,38)39)34(47)41-29(17-32(45)46)27-15-24(14-22(4)33(27)36)26-7-6-21(3)13-25(26)18-40/h6-7,13-16,19-20,29-30H,5,8-12,17H2,1-4H3,(H,41,47)(H,45,46)/t29-,30?/m0/s1. The molecule has 1 aliphatic rings. The molecule has 1 amide bonds. The minimum atomic E-state index is -4.78. The molecule has 4 rings (SSSR count). The fourth-order valence-corrected chi connectivity index (χ4v) is 5.87. The summed E-state index contributed by atoms with van der Waals surface area (Å²) in [7, 11) is 0. The van der Waals surface area contributed by atoms with Gasteiger partial charge in [0.05, 0.1) is 29.7 Å². The minimum Gasteiger partial charge on any atom is -0.481 e. The van der Waals surface area contributed by atoms with E-state index in [1.165, 1.54) is 19.1 Å². The SMILES string of the molecule is Cc1ccc(-c2cc(C)c(F)c([C@H](CC(=O)O)NC(=O)C(CC(C)C)n3cc(CCN4CCC4)c(C(F)(F)F)cc3=O)c2)c(C#N)c1. The van der Waals surface area contributed by atoms with Crippen molar-refractivity contribution in [2.24, 2.45) is 5.92 Å².